The Bertz CT molecular complexity index is 1660. The molecule has 1 saturated carbocycles. The molecular formula is C29H26Br2N4O5. The molecule has 1 aliphatic rings. The molecule has 40 heavy (non-hydrogen) atoms. The van der Waals surface area contributed by atoms with Crippen LogP contribution < -0.4 is 15.0 Å². The summed E-state index contributed by atoms with van der Waals surface area (Å²) in [6.45, 7) is 0.114. The number of nitro groups is 1. The minimum absolute atomic E-state index is 0.00272. The zero-order chi connectivity index (χ0) is 28.2. The molecule has 11 heteroatoms. The van der Waals surface area contributed by atoms with Crippen LogP contribution in [-0.4, -0.2) is 27.9 Å². The second-order valence-electron chi connectivity index (χ2n) is 9.58. The van der Waals surface area contributed by atoms with E-state index in [4.69, 9.17) is 14.5 Å². The third-order valence-electron chi connectivity index (χ3n) is 6.88. The van der Waals surface area contributed by atoms with Crippen LogP contribution >= 0.6 is 31.9 Å². The first-order chi connectivity index (χ1) is 19.3. The molecule has 0 saturated heterocycles. The summed E-state index contributed by atoms with van der Waals surface area (Å²) in [4.78, 5) is 29.1. The van der Waals surface area contributed by atoms with Crippen LogP contribution in [0.5, 0.6) is 11.5 Å². The molecule has 3 aromatic carbocycles. The molecule has 0 unspecified atom stereocenters. The highest BCUT2D eigenvalue weighted by Gasteiger charge is 2.22. The molecule has 1 aromatic heterocycles. The van der Waals surface area contributed by atoms with Gasteiger partial charge < -0.3 is 9.47 Å². The molecule has 0 aliphatic heterocycles. The fourth-order valence-electron chi connectivity index (χ4n) is 4.90. The summed E-state index contributed by atoms with van der Waals surface area (Å²) in [5.74, 6) is 1.74. The van der Waals surface area contributed by atoms with Crippen LogP contribution in [0.15, 0.2) is 73.4 Å². The van der Waals surface area contributed by atoms with Crippen molar-refractivity contribution in [3.8, 4) is 11.5 Å². The highest BCUT2D eigenvalue weighted by atomic mass is 79.9. The van der Waals surface area contributed by atoms with Crippen molar-refractivity contribution in [3.63, 3.8) is 0 Å². The molecule has 0 bridgehead atoms. The van der Waals surface area contributed by atoms with Gasteiger partial charge in [0.25, 0.3) is 11.2 Å². The van der Waals surface area contributed by atoms with Gasteiger partial charge in [0, 0.05) is 22.5 Å². The van der Waals surface area contributed by atoms with Crippen molar-refractivity contribution in [2.24, 2.45) is 5.10 Å². The molecule has 0 N–H and O–H groups in total. The fourth-order valence-corrected chi connectivity index (χ4v) is 5.83. The van der Waals surface area contributed by atoms with Gasteiger partial charge >= 0.3 is 0 Å². The van der Waals surface area contributed by atoms with Crippen LogP contribution in [0.3, 0.4) is 0 Å². The first-order valence-corrected chi connectivity index (χ1v) is 14.4. The zero-order valence-electron chi connectivity index (χ0n) is 21.7. The molecule has 0 radical (unpaired) electrons. The molecule has 1 aliphatic carbocycles. The molecular weight excluding hydrogens is 644 g/mol. The normalized spacial score (nSPS) is 14.1. The van der Waals surface area contributed by atoms with Crippen LogP contribution in [0.4, 0.5) is 5.69 Å². The van der Waals surface area contributed by atoms with Gasteiger partial charge in [-0.05, 0) is 70.2 Å². The highest BCUT2D eigenvalue weighted by Crippen LogP contribution is 2.37. The SMILES string of the molecule is COc1cc(C=Nn2c(C3CCCCC3)nc3ccc(Br)cc3c2=O)cc(Br)c1OCc1cccc([N+](=O)[O-])c1. The van der Waals surface area contributed by atoms with Crippen LogP contribution in [-0.2, 0) is 6.61 Å². The number of nitrogens with zero attached hydrogens (tertiary/aromatic N) is 4. The van der Waals surface area contributed by atoms with Crippen molar-refractivity contribution in [1.29, 1.82) is 0 Å². The number of halogens is 2. The van der Waals surface area contributed by atoms with Crippen LogP contribution in [0.1, 0.15) is 55.0 Å². The van der Waals surface area contributed by atoms with E-state index >= 15 is 0 Å². The lowest BCUT2D eigenvalue weighted by Gasteiger charge is -2.22. The number of fused-ring (bicyclic) bond motifs is 1. The summed E-state index contributed by atoms with van der Waals surface area (Å²) in [6, 6.07) is 15.4. The number of nitro benzene ring substituents is 1. The van der Waals surface area contributed by atoms with E-state index in [0.717, 1.165) is 30.2 Å². The predicted molar refractivity (Wildman–Crippen MR) is 161 cm³/mol. The molecule has 206 valence electrons. The Morgan fingerprint density at radius 1 is 1.12 bits per heavy atom. The van der Waals surface area contributed by atoms with Crippen LogP contribution in [0.25, 0.3) is 10.9 Å². The van der Waals surface area contributed by atoms with Crippen molar-refractivity contribution in [2.75, 3.05) is 7.11 Å². The van der Waals surface area contributed by atoms with Gasteiger partial charge in [0.1, 0.15) is 12.4 Å². The number of methoxy groups -OCH3 is 1. The van der Waals surface area contributed by atoms with Gasteiger partial charge in [-0.2, -0.15) is 9.78 Å². The number of ether oxygens (including phenoxy) is 2. The maximum absolute atomic E-state index is 13.6. The molecule has 0 spiro atoms. The van der Waals surface area contributed by atoms with E-state index in [1.54, 1.807) is 30.5 Å². The average Bonchev–Trinajstić information content (AvgIpc) is 2.96. The number of non-ortho nitro benzene ring substituents is 1. The van der Waals surface area contributed by atoms with Gasteiger partial charge in [0.15, 0.2) is 11.5 Å². The fraction of sp³-hybridized carbons (Fsp3) is 0.276. The number of hydrogen-bond donors (Lipinski definition) is 0. The summed E-state index contributed by atoms with van der Waals surface area (Å²) in [7, 11) is 1.53. The minimum Gasteiger partial charge on any atom is -0.493 e. The standard InChI is InChI=1S/C29H26Br2N4O5/c1-39-26-14-19(13-24(31)27(26)40-17-18-6-5-9-22(12-18)35(37)38)16-32-34-28(20-7-3-2-4-8-20)33-25-11-10-21(30)15-23(25)29(34)36/h5-6,9-16,20H,2-4,7-8,17H2,1H3. The maximum atomic E-state index is 13.6. The van der Waals surface area contributed by atoms with Crippen molar-refractivity contribution in [2.45, 2.75) is 44.6 Å². The van der Waals surface area contributed by atoms with Crippen molar-refractivity contribution >= 4 is 54.7 Å². The Morgan fingerprint density at radius 3 is 2.67 bits per heavy atom. The molecule has 5 rings (SSSR count). The van der Waals surface area contributed by atoms with Crippen LogP contribution in [0.2, 0.25) is 0 Å². The Morgan fingerprint density at radius 2 is 1.93 bits per heavy atom. The number of aromatic nitrogens is 2. The molecule has 4 aromatic rings. The maximum Gasteiger partial charge on any atom is 0.282 e. The van der Waals surface area contributed by atoms with Gasteiger partial charge in [-0.1, -0.05) is 47.3 Å². The molecule has 9 nitrogen and oxygen atoms in total. The predicted octanol–water partition coefficient (Wildman–Crippen LogP) is 7.35. The van der Waals surface area contributed by atoms with Crippen LogP contribution in [0, 0.1) is 10.1 Å². The largest absolute Gasteiger partial charge is 0.493 e. The van der Waals surface area contributed by atoms with E-state index in [0.29, 0.717) is 43.8 Å². The number of benzene rings is 3. The Kier molecular flexibility index (Phi) is 8.60. The van der Waals surface area contributed by atoms with Gasteiger partial charge in [-0.3, -0.25) is 14.9 Å². The summed E-state index contributed by atoms with van der Waals surface area (Å²) >= 11 is 7.00. The zero-order valence-corrected chi connectivity index (χ0v) is 24.9. The van der Waals surface area contributed by atoms with E-state index in [9.17, 15) is 14.9 Å². The topological polar surface area (TPSA) is 109 Å². The average molecular weight is 670 g/mol. The molecule has 0 atom stereocenters. The Balaban J connectivity index is 1.47. The van der Waals surface area contributed by atoms with Crippen molar-refractivity contribution < 1.29 is 14.4 Å². The van der Waals surface area contributed by atoms with Gasteiger partial charge in [-0.25, -0.2) is 4.98 Å². The highest BCUT2D eigenvalue weighted by molar-refractivity contribution is 9.10. The molecule has 1 fully saturated rings. The quantitative estimate of drug-likeness (QED) is 0.110. The van der Waals surface area contributed by atoms with Gasteiger partial charge in [-0.15, -0.1) is 0 Å². The summed E-state index contributed by atoms with van der Waals surface area (Å²) < 4.78 is 14.4. The first-order valence-electron chi connectivity index (χ1n) is 12.8. The minimum atomic E-state index is -0.441. The van der Waals surface area contributed by atoms with E-state index < -0.39 is 4.92 Å². The Labute approximate surface area is 247 Å². The van der Waals surface area contributed by atoms with Gasteiger partial charge in [0.2, 0.25) is 0 Å². The van der Waals surface area contributed by atoms with E-state index in [1.807, 2.05) is 18.2 Å². The van der Waals surface area contributed by atoms with Crippen molar-refractivity contribution in [1.82, 2.24) is 9.66 Å². The molecule has 0 amide bonds. The second kappa shape index (κ2) is 12.3. The molecule has 1 heterocycles. The summed E-state index contributed by atoms with van der Waals surface area (Å²) in [6.07, 6.45) is 6.94. The lowest BCUT2D eigenvalue weighted by Crippen LogP contribution is -2.25. The summed E-state index contributed by atoms with van der Waals surface area (Å²) in [5.41, 5.74) is 1.78. The lowest BCUT2D eigenvalue weighted by molar-refractivity contribution is -0.384. The monoisotopic (exact) mass is 668 g/mol. The van der Waals surface area contributed by atoms with Crippen molar-refractivity contribution in [3.05, 3.63) is 101 Å². The van der Waals surface area contributed by atoms with E-state index in [-0.39, 0.29) is 23.8 Å². The lowest BCUT2D eigenvalue weighted by atomic mass is 9.88. The van der Waals surface area contributed by atoms with E-state index in [1.165, 1.54) is 30.3 Å². The Hall–Kier alpha value is -3.57. The number of hydrogen-bond acceptors (Lipinski definition) is 7. The summed E-state index contributed by atoms with van der Waals surface area (Å²) in [5, 5.41) is 16.2. The first kappa shape index (κ1) is 28.0. The van der Waals surface area contributed by atoms with E-state index in [2.05, 4.69) is 37.0 Å². The number of rotatable bonds is 8. The third kappa shape index (κ3) is 6.10. The van der Waals surface area contributed by atoms with Gasteiger partial charge in [0.05, 0.1) is 33.6 Å². The second-order valence-corrected chi connectivity index (χ2v) is 11.3. The third-order valence-corrected chi connectivity index (χ3v) is 7.96. The smallest absolute Gasteiger partial charge is 0.282 e.